The van der Waals surface area contributed by atoms with Crippen molar-refractivity contribution in [3.63, 3.8) is 0 Å². The maximum absolute atomic E-state index is 9.74. The summed E-state index contributed by atoms with van der Waals surface area (Å²) >= 11 is 0. The van der Waals surface area contributed by atoms with Crippen LogP contribution in [0.2, 0.25) is 0 Å². The number of rotatable bonds is 5. The Kier molecular flexibility index (Phi) is 4.36. The molecule has 2 N–H and O–H groups in total. The number of nitrogens with zero attached hydrogens (tertiary/aromatic N) is 2. The van der Waals surface area contributed by atoms with E-state index in [1.54, 1.807) is 6.20 Å². The Hall–Kier alpha value is -1.65. The molecule has 3 atom stereocenters. The summed E-state index contributed by atoms with van der Waals surface area (Å²) in [6.07, 6.45) is 5.39. The number of aromatic nitrogens is 2. The van der Waals surface area contributed by atoms with E-state index in [0.717, 1.165) is 12.1 Å². The normalized spacial score (nSPS) is 23.3. The van der Waals surface area contributed by atoms with Gasteiger partial charge in [-0.3, -0.25) is 4.68 Å². The van der Waals surface area contributed by atoms with Crippen LogP contribution < -0.4 is 5.32 Å². The van der Waals surface area contributed by atoms with Crippen LogP contribution in [-0.4, -0.2) is 27.5 Å². The second-order valence-corrected chi connectivity index (χ2v) is 5.84. The average Bonchev–Trinajstić information content (AvgIpc) is 3.14. The van der Waals surface area contributed by atoms with Gasteiger partial charge in [0.1, 0.15) is 0 Å². The van der Waals surface area contributed by atoms with E-state index in [2.05, 4.69) is 40.7 Å². The molecule has 0 spiro atoms. The summed E-state index contributed by atoms with van der Waals surface area (Å²) in [5.74, 6) is 0.536. The van der Waals surface area contributed by atoms with E-state index in [9.17, 15) is 5.11 Å². The van der Waals surface area contributed by atoms with Gasteiger partial charge in [-0.05, 0) is 30.4 Å². The molecule has 0 amide bonds. The molecule has 112 valence electrons. The van der Waals surface area contributed by atoms with Gasteiger partial charge in [-0.1, -0.05) is 36.8 Å². The van der Waals surface area contributed by atoms with E-state index < -0.39 is 0 Å². The first-order valence-electron chi connectivity index (χ1n) is 7.69. The maximum Gasteiger partial charge on any atom is 0.0729 e. The molecular weight excluding hydrogens is 262 g/mol. The summed E-state index contributed by atoms with van der Waals surface area (Å²) in [7, 11) is 1.92. The van der Waals surface area contributed by atoms with Gasteiger partial charge in [-0.2, -0.15) is 5.10 Å². The summed E-state index contributed by atoms with van der Waals surface area (Å²) in [6, 6.07) is 13.0. The molecule has 1 aromatic heterocycles. The Morgan fingerprint density at radius 1 is 1.29 bits per heavy atom. The zero-order valence-electron chi connectivity index (χ0n) is 12.4. The lowest BCUT2D eigenvalue weighted by molar-refractivity contribution is 0.224. The fourth-order valence-electron chi connectivity index (χ4n) is 3.47. The fourth-order valence-corrected chi connectivity index (χ4v) is 3.47. The van der Waals surface area contributed by atoms with Gasteiger partial charge in [0, 0.05) is 19.3 Å². The Bertz CT molecular complexity index is 566. The predicted molar refractivity (Wildman–Crippen MR) is 83.0 cm³/mol. The highest BCUT2D eigenvalue weighted by molar-refractivity contribution is 5.23. The number of nitrogens with one attached hydrogen (secondary N) is 1. The van der Waals surface area contributed by atoms with Gasteiger partial charge in [-0.15, -0.1) is 0 Å². The Morgan fingerprint density at radius 2 is 2.10 bits per heavy atom. The van der Waals surface area contributed by atoms with Crippen molar-refractivity contribution in [1.29, 1.82) is 0 Å². The van der Waals surface area contributed by atoms with Crippen LogP contribution in [0, 0.1) is 0 Å². The zero-order valence-corrected chi connectivity index (χ0v) is 12.4. The molecule has 1 aliphatic rings. The first-order chi connectivity index (χ1) is 10.3. The third kappa shape index (κ3) is 3.01. The Labute approximate surface area is 125 Å². The summed E-state index contributed by atoms with van der Waals surface area (Å²) < 4.78 is 1.83. The molecule has 1 aliphatic carbocycles. The monoisotopic (exact) mass is 285 g/mol. The van der Waals surface area contributed by atoms with Crippen molar-refractivity contribution < 1.29 is 5.11 Å². The SMILES string of the molecule is Cn1nccc1C(CO)NC1CCCC1c1ccccc1. The number of hydrogen-bond acceptors (Lipinski definition) is 3. The Balaban J connectivity index is 1.75. The number of aryl methyl sites for hydroxylation is 1. The lowest BCUT2D eigenvalue weighted by Gasteiger charge is -2.26. The minimum absolute atomic E-state index is 0.0492. The summed E-state index contributed by atoms with van der Waals surface area (Å²) in [4.78, 5) is 0. The van der Waals surface area contributed by atoms with Gasteiger partial charge in [0.2, 0.25) is 0 Å². The minimum Gasteiger partial charge on any atom is -0.394 e. The van der Waals surface area contributed by atoms with Crippen LogP contribution in [0.5, 0.6) is 0 Å². The number of hydrogen-bond donors (Lipinski definition) is 2. The minimum atomic E-state index is -0.0492. The van der Waals surface area contributed by atoms with Crippen LogP contribution >= 0.6 is 0 Å². The quantitative estimate of drug-likeness (QED) is 0.887. The molecule has 4 heteroatoms. The first-order valence-corrected chi connectivity index (χ1v) is 7.69. The lowest BCUT2D eigenvalue weighted by atomic mass is 9.93. The Morgan fingerprint density at radius 3 is 2.76 bits per heavy atom. The van der Waals surface area contributed by atoms with Crippen molar-refractivity contribution in [3.8, 4) is 0 Å². The van der Waals surface area contributed by atoms with E-state index in [1.165, 1.54) is 18.4 Å². The van der Waals surface area contributed by atoms with Crippen molar-refractivity contribution in [2.45, 2.75) is 37.3 Å². The van der Waals surface area contributed by atoms with Gasteiger partial charge < -0.3 is 10.4 Å². The maximum atomic E-state index is 9.74. The molecule has 2 aromatic rings. The van der Waals surface area contributed by atoms with Crippen molar-refractivity contribution in [3.05, 3.63) is 53.9 Å². The van der Waals surface area contributed by atoms with Gasteiger partial charge >= 0.3 is 0 Å². The highest BCUT2D eigenvalue weighted by atomic mass is 16.3. The molecular formula is C17H23N3O. The topological polar surface area (TPSA) is 50.1 Å². The van der Waals surface area contributed by atoms with Crippen LogP contribution in [0.25, 0.3) is 0 Å². The molecule has 1 heterocycles. The van der Waals surface area contributed by atoms with Gasteiger partial charge in [0.15, 0.2) is 0 Å². The highest BCUT2D eigenvalue weighted by Gasteiger charge is 2.30. The second kappa shape index (κ2) is 6.41. The van der Waals surface area contributed by atoms with Gasteiger partial charge in [-0.25, -0.2) is 0 Å². The van der Waals surface area contributed by atoms with Crippen LogP contribution in [0.1, 0.15) is 42.5 Å². The van der Waals surface area contributed by atoms with E-state index >= 15 is 0 Å². The first kappa shape index (κ1) is 14.3. The zero-order chi connectivity index (χ0) is 14.7. The van der Waals surface area contributed by atoms with Crippen LogP contribution in [0.3, 0.4) is 0 Å². The molecule has 0 aliphatic heterocycles. The summed E-state index contributed by atoms with van der Waals surface area (Å²) in [5.41, 5.74) is 2.44. The van der Waals surface area contributed by atoms with Crippen LogP contribution in [0.15, 0.2) is 42.6 Å². The van der Waals surface area contributed by atoms with Gasteiger partial charge in [0.05, 0.1) is 18.3 Å². The summed E-state index contributed by atoms with van der Waals surface area (Å²) in [5, 5.41) is 17.6. The van der Waals surface area contributed by atoms with E-state index in [4.69, 9.17) is 0 Å². The summed E-state index contributed by atoms with van der Waals surface area (Å²) in [6.45, 7) is 0.0948. The fraction of sp³-hybridized carbons (Fsp3) is 0.471. The third-order valence-electron chi connectivity index (χ3n) is 4.56. The second-order valence-electron chi connectivity index (χ2n) is 5.84. The van der Waals surface area contributed by atoms with Crippen molar-refractivity contribution in [1.82, 2.24) is 15.1 Å². The molecule has 3 rings (SSSR count). The van der Waals surface area contributed by atoms with Crippen molar-refractivity contribution in [2.24, 2.45) is 7.05 Å². The smallest absolute Gasteiger partial charge is 0.0729 e. The molecule has 0 saturated heterocycles. The molecule has 21 heavy (non-hydrogen) atoms. The third-order valence-corrected chi connectivity index (χ3v) is 4.56. The molecule has 1 saturated carbocycles. The number of aliphatic hydroxyl groups is 1. The number of aliphatic hydroxyl groups excluding tert-OH is 1. The molecule has 3 unspecified atom stereocenters. The van der Waals surface area contributed by atoms with Crippen molar-refractivity contribution >= 4 is 0 Å². The highest BCUT2D eigenvalue weighted by Crippen LogP contribution is 2.35. The molecule has 4 nitrogen and oxygen atoms in total. The van der Waals surface area contributed by atoms with E-state index in [0.29, 0.717) is 12.0 Å². The van der Waals surface area contributed by atoms with Crippen LogP contribution in [0.4, 0.5) is 0 Å². The molecule has 1 aromatic carbocycles. The lowest BCUT2D eigenvalue weighted by Crippen LogP contribution is -2.37. The van der Waals surface area contributed by atoms with E-state index in [-0.39, 0.29) is 12.6 Å². The van der Waals surface area contributed by atoms with Crippen molar-refractivity contribution in [2.75, 3.05) is 6.61 Å². The van der Waals surface area contributed by atoms with Gasteiger partial charge in [0.25, 0.3) is 0 Å². The average molecular weight is 285 g/mol. The van der Waals surface area contributed by atoms with Crippen LogP contribution in [-0.2, 0) is 7.05 Å². The molecule has 1 fully saturated rings. The molecule has 0 radical (unpaired) electrons. The standard InChI is InChI=1S/C17H23N3O/c1-20-17(10-11-18-20)16(12-21)19-15-9-5-8-14(15)13-6-3-2-4-7-13/h2-4,6-7,10-11,14-16,19,21H,5,8-9,12H2,1H3. The largest absolute Gasteiger partial charge is 0.394 e. The van der Waals surface area contributed by atoms with E-state index in [1.807, 2.05) is 17.8 Å². The predicted octanol–water partition coefficient (Wildman–Crippen LogP) is 2.38. The molecule has 0 bridgehead atoms. The number of benzene rings is 1.